The SMILES string of the molecule is CC(C)(C)OC(=O)N1CCC2(CC1)Cc1cccc(F)c1NC2=O. The molecule has 130 valence electrons. The van der Waals surface area contributed by atoms with E-state index in [0.29, 0.717) is 38.0 Å². The van der Waals surface area contributed by atoms with Gasteiger partial charge >= 0.3 is 6.09 Å². The highest BCUT2D eigenvalue weighted by atomic mass is 19.1. The van der Waals surface area contributed by atoms with E-state index in [1.165, 1.54) is 6.07 Å². The standard InChI is InChI=1S/C18H23FN2O3/c1-17(2,3)24-16(23)21-9-7-18(8-10-21)11-12-5-4-6-13(19)14(12)20-15(18)22/h4-6H,7-11H2,1-3H3,(H,20,22). The molecule has 0 radical (unpaired) electrons. The Kier molecular flexibility index (Phi) is 4.01. The Morgan fingerprint density at radius 2 is 1.96 bits per heavy atom. The van der Waals surface area contributed by atoms with Crippen molar-refractivity contribution >= 4 is 17.7 Å². The zero-order chi connectivity index (χ0) is 17.5. The number of fused-ring (bicyclic) bond motifs is 1. The summed E-state index contributed by atoms with van der Waals surface area (Å²) in [6.45, 7) is 6.42. The van der Waals surface area contributed by atoms with Gasteiger partial charge in [-0.15, -0.1) is 0 Å². The molecule has 1 saturated heterocycles. The van der Waals surface area contributed by atoms with Gasteiger partial charge < -0.3 is 15.0 Å². The molecule has 0 aromatic heterocycles. The van der Waals surface area contributed by atoms with Crippen molar-refractivity contribution in [3.05, 3.63) is 29.6 Å². The average Bonchev–Trinajstić information content (AvgIpc) is 2.49. The van der Waals surface area contributed by atoms with E-state index in [2.05, 4.69) is 5.32 Å². The first kappa shape index (κ1) is 16.7. The molecule has 0 atom stereocenters. The number of likely N-dealkylation sites (tertiary alicyclic amines) is 1. The quantitative estimate of drug-likeness (QED) is 0.792. The molecule has 2 heterocycles. The fourth-order valence-corrected chi connectivity index (χ4v) is 3.39. The van der Waals surface area contributed by atoms with Crippen LogP contribution in [0.25, 0.3) is 0 Å². The molecule has 1 spiro atoms. The molecule has 2 aliphatic rings. The van der Waals surface area contributed by atoms with Crippen LogP contribution >= 0.6 is 0 Å². The Bertz CT molecular complexity index is 673. The topological polar surface area (TPSA) is 58.6 Å². The van der Waals surface area contributed by atoms with E-state index in [-0.39, 0.29) is 12.0 Å². The molecule has 0 unspecified atom stereocenters. The highest BCUT2D eigenvalue weighted by molar-refractivity contribution is 5.98. The molecular weight excluding hydrogens is 311 g/mol. The Morgan fingerprint density at radius 3 is 2.58 bits per heavy atom. The molecule has 3 rings (SSSR count). The van der Waals surface area contributed by atoms with Gasteiger partial charge in [-0.25, -0.2) is 9.18 Å². The summed E-state index contributed by atoms with van der Waals surface area (Å²) in [5.41, 5.74) is 0.00696. The molecule has 1 aromatic rings. The number of nitrogens with one attached hydrogen (secondary N) is 1. The Labute approximate surface area is 141 Å². The van der Waals surface area contributed by atoms with E-state index in [9.17, 15) is 14.0 Å². The van der Waals surface area contributed by atoms with Crippen molar-refractivity contribution in [3.63, 3.8) is 0 Å². The van der Waals surface area contributed by atoms with Crippen molar-refractivity contribution in [1.29, 1.82) is 0 Å². The summed E-state index contributed by atoms with van der Waals surface area (Å²) in [6.07, 6.45) is 1.26. The Hall–Kier alpha value is -2.11. The number of para-hydroxylation sites is 1. The number of halogens is 1. The predicted octanol–water partition coefficient (Wildman–Crippen LogP) is 3.34. The lowest BCUT2D eigenvalue weighted by Gasteiger charge is -2.43. The van der Waals surface area contributed by atoms with Gasteiger partial charge in [-0.3, -0.25) is 4.79 Å². The number of carbonyl (C=O) groups excluding carboxylic acids is 2. The van der Waals surface area contributed by atoms with Crippen LogP contribution in [0.2, 0.25) is 0 Å². The molecule has 1 fully saturated rings. The molecule has 6 heteroatoms. The molecule has 0 aliphatic carbocycles. The molecule has 0 bridgehead atoms. The zero-order valence-electron chi connectivity index (χ0n) is 14.3. The maximum Gasteiger partial charge on any atom is 0.410 e. The Morgan fingerprint density at radius 1 is 1.29 bits per heavy atom. The van der Waals surface area contributed by atoms with E-state index in [0.717, 1.165) is 5.56 Å². The fourth-order valence-electron chi connectivity index (χ4n) is 3.39. The Balaban J connectivity index is 1.72. The van der Waals surface area contributed by atoms with Crippen molar-refractivity contribution in [2.75, 3.05) is 18.4 Å². The van der Waals surface area contributed by atoms with Crippen molar-refractivity contribution in [1.82, 2.24) is 4.90 Å². The van der Waals surface area contributed by atoms with Gasteiger partial charge in [0, 0.05) is 13.1 Å². The highest BCUT2D eigenvalue weighted by Gasteiger charge is 2.46. The maximum absolute atomic E-state index is 13.8. The molecule has 24 heavy (non-hydrogen) atoms. The van der Waals surface area contributed by atoms with Gasteiger partial charge in [-0.2, -0.15) is 0 Å². The lowest BCUT2D eigenvalue weighted by molar-refractivity contribution is -0.129. The van der Waals surface area contributed by atoms with Gasteiger partial charge in [0.15, 0.2) is 0 Å². The molecule has 2 amide bonds. The average molecular weight is 334 g/mol. The molecule has 2 aliphatic heterocycles. The largest absolute Gasteiger partial charge is 0.444 e. The first-order valence-corrected chi connectivity index (χ1v) is 8.27. The van der Waals surface area contributed by atoms with Crippen molar-refractivity contribution in [2.24, 2.45) is 5.41 Å². The third-order valence-electron chi connectivity index (χ3n) is 4.72. The smallest absolute Gasteiger partial charge is 0.410 e. The first-order chi connectivity index (χ1) is 11.2. The summed E-state index contributed by atoms with van der Waals surface area (Å²) >= 11 is 0. The molecular formula is C18H23FN2O3. The van der Waals surface area contributed by atoms with E-state index in [1.54, 1.807) is 11.0 Å². The number of ether oxygens (including phenoxy) is 1. The minimum absolute atomic E-state index is 0.149. The second kappa shape index (κ2) is 5.76. The van der Waals surface area contributed by atoms with E-state index in [4.69, 9.17) is 4.74 Å². The predicted molar refractivity (Wildman–Crippen MR) is 88.2 cm³/mol. The molecule has 5 nitrogen and oxygen atoms in total. The van der Waals surface area contributed by atoms with Gasteiger partial charge in [0.05, 0.1) is 11.1 Å². The van der Waals surface area contributed by atoms with Gasteiger partial charge in [0.25, 0.3) is 0 Å². The van der Waals surface area contributed by atoms with Crippen LogP contribution in [-0.4, -0.2) is 35.6 Å². The number of hydrogen-bond donors (Lipinski definition) is 1. The van der Waals surface area contributed by atoms with Gasteiger partial charge in [0.2, 0.25) is 5.91 Å². The van der Waals surface area contributed by atoms with Crippen molar-refractivity contribution < 1.29 is 18.7 Å². The summed E-state index contributed by atoms with van der Waals surface area (Å²) in [5, 5.41) is 2.72. The van der Waals surface area contributed by atoms with E-state index in [1.807, 2.05) is 26.8 Å². The number of benzene rings is 1. The second-order valence-corrected chi connectivity index (χ2v) is 7.65. The van der Waals surface area contributed by atoms with E-state index < -0.39 is 16.8 Å². The second-order valence-electron chi connectivity index (χ2n) is 7.65. The lowest BCUT2D eigenvalue weighted by Crippen LogP contribution is -2.51. The lowest BCUT2D eigenvalue weighted by atomic mass is 9.71. The van der Waals surface area contributed by atoms with Crippen LogP contribution in [0.5, 0.6) is 0 Å². The van der Waals surface area contributed by atoms with Crippen LogP contribution in [-0.2, 0) is 16.0 Å². The number of piperidine rings is 1. The monoisotopic (exact) mass is 334 g/mol. The number of hydrogen-bond acceptors (Lipinski definition) is 3. The van der Waals surface area contributed by atoms with Crippen molar-refractivity contribution in [3.8, 4) is 0 Å². The summed E-state index contributed by atoms with van der Waals surface area (Å²) in [6, 6.07) is 4.86. The molecule has 1 aromatic carbocycles. The van der Waals surface area contributed by atoms with Crippen LogP contribution in [0.4, 0.5) is 14.9 Å². The van der Waals surface area contributed by atoms with Crippen LogP contribution in [0.1, 0.15) is 39.2 Å². The number of rotatable bonds is 0. The van der Waals surface area contributed by atoms with Crippen molar-refractivity contribution in [2.45, 2.75) is 45.6 Å². The van der Waals surface area contributed by atoms with Crippen LogP contribution < -0.4 is 5.32 Å². The van der Waals surface area contributed by atoms with Crippen LogP contribution in [0.3, 0.4) is 0 Å². The summed E-state index contributed by atoms with van der Waals surface area (Å²) in [5.74, 6) is -0.550. The van der Waals surface area contributed by atoms with E-state index >= 15 is 0 Å². The molecule has 0 saturated carbocycles. The van der Waals surface area contributed by atoms with Crippen LogP contribution in [0, 0.1) is 11.2 Å². The third-order valence-corrected chi connectivity index (χ3v) is 4.72. The number of anilines is 1. The number of amides is 2. The fraction of sp³-hybridized carbons (Fsp3) is 0.556. The summed E-state index contributed by atoms with van der Waals surface area (Å²) < 4.78 is 19.2. The molecule has 1 N–H and O–H groups in total. The summed E-state index contributed by atoms with van der Waals surface area (Å²) in [7, 11) is 0. The number of nitrogens with zero attached hydrogens (tertiary/aromatic N) is 1. The third kappa shape index (κ3) is 3.09. The number of carbonyl (C=O) groups is 2. The maximum atomic E-state index is 13.8. The minimum atomic E-state index is -0.570. The normalized spacial score (nSPS) is 19.7. The van der Waals surface area contributed by atoms with Gasteiger partial charge in [-0.05, 0) is 51.7 Å². The van der Waals surface area contributed by atoms with Gasteiger partial charge in [-0.1, -0.05) is 12.1 Å². The zero-order valence-corrected chi connectivity index (χ0v) is 14.3. The summed E-state index contributed by atoms with van der Waals surface area (Å²) in [4.78, 5) is 26.4. The van der Waals surface area contributed by atoms with Gasteiger partial charge in [0.1, 0.15) is 11.4 Å². The highest BCUT2D eigenvalue weighted by Crippen LogP contribution is 2.42. The van der Waals surface area contributed by atoms with Crippen LogP contribution in [0.15, 0.2) is 18.2 Å². The minimum Gasteiger partial charge on any atom is -0.444 e. The first-order valence-electron chi connectivity index (χ1n) is 8.27.